The van der Waals surface area contributed by atoms with Crippen LogP contribution in [0.25, 0.3) is 22.6 Å². The molecule has 4 rings (SSSR count). The third kappa shape index (κ3) is 4.44. The van der Waals surface area contributed by atoms with Crippen LogP contribution in [0.4, 0.5) is 0 Å². The monoisotopic (exact) mass is 433 g/mol. The minimum atomic E-state index is 0.195. The smallest absolute Gasteiger partial charge is 0.200 e. The van der Waals surface area contributed by atoms with Crippen LogP contribution < -0.4 is 0 Å². The Balaban J connectivity index is 1.51. The van der Waals surface area contributed by atoms with E-state index in [4.69, 9.17) is 4.42 Å². The van der Waals surface area contributed by atoms with E-state index in [1.807, 2.05) is 29.7 Å². The Morgan fingerprint density at radius 3 is 2.71 bits per heavy atom. The lowest BCUT2D eigenvalue weighted by molar-refractivity contribution is -0.116. The minimum absolute atomic E-state index is 0.195. The third-order valence-corrected chi connectivity index (χ3v) is 6.58. The van der Waals surface area contributed by atoms with Gasteiger partial charge >= 0.3 is 0 Å². The molecule has 31 heavy (non-hydrogen) atoms. The van der Waals surface area contributed by atoms with Crippen molar-refractivity contribution in [2.24, 2.45) is 0 Å². The van der Waals surface area contributed by atoms with Gasteiger partial charge in [0.15, 0.2) is 10.9 Å². The van der Waals surface area contributed by atoms with Gasteiger partial charge in [0.05, 0.1) is 5.75 Å². The number of aromatic nitrogens is 3. The number of nitrogens with zero attached hydrogens (tertiary/aromatic N) is 3. The lowest BCUT2D eigenvalue weighted by Crippen LogP contribution is -2.10. The normalized spacial score (nSPS) is 11.4. The highest BCUT2D eigenvalue weighted by Gasteiger charge is 2.18. The van der Waals surface area contributed by atoms with Crippen molar-refractivity contribution in [3.8, 4) is 11.6 Å². The van der Waals surface area contributed by atoms with Crippen LogP contribution in [0, 0.1) is 13.8 Å². The summed E-state index contributed by atoms with van der Waals surface area (Å²) in [5.74, 6) is 1.95. The molecule has 2 aromatic carbocycles. The summed E-state index contributed by atoms with van der Waals surface area (Å²) in [6.45, 7) is 9.01. The van der Waals surface area contributed by atoms with E-state index >= 15 is 0 Å². The van der Waals surface area contributed by atoms with Crippen LogP contribution in [-0.4, -0.2) is 26.3 Å². The van der Waals surface area contributed by atoms with Gasteiger partial charge in [-0.2, -0.15) is 0 Å². The zero-order valence-corrected chi connectivity index (χ0v) is 19.3. The molecule has 0 N–H and O–H groups in total. The molecule has 0 fully saturated rings. The molecule has 0 amide bonds. The molecule has 0 saturated carbocycles. The maximum absolute atomic E-state index is 12.7. The number of hydrogen-bond acceptors (Lipinski definition) is 5. The fourth-order valence-corrected chi connectivity index (χ4v) is 4.74. The molecule has 0 atom stereocenters. The minimum Gasteiger partial charge on any atom is -0.453 e. The number of fused-ring (bicyclic) bond motifs is 1. The summed E-state index contributed by atoms with van der Waals surface area (Å²) in [5, 5.41) is 10.5. The van der Waals surface area contributed by atoms with Crippen LogP contribution in [0.2, 0.25) is 0 Å². The number of benzene rings is 2. The van der Waals surface area contributed by atoms with Crippen molar-refractivity contribution < 1.29 is 9.21 Å². The molecule has 160 valence electrons. The molecular formula is C25H27N3O2S. The van der Waals surface area contributed by atoms with Crippen LogP contribution >= 0.6 is 11.8 Å². The van der Waals surface area contributed by atoms with Crippen molar-refractivity contribution in [1.29, 1.82) is 0 Å². The summed E-state index contributed by atoms with van der Waals surface area (Å²) in [6.07, 6.45) is 1.39. The third-order valence-electron chi connectivity index (χ3n) is 5.55. The number of aryl methyl sites for hydroxylation is 3. The highest BCUT2D eigenvalue weighted by molar-refractivity contribution is 7.99. The maximum atomic E-state index is 12.7. The number of thioether (sulfide) groups is 1. The Morgan fingerprint density at radius 1 is 1.10 bits per heavy atom. The summed E-state index contributed by atoms with van der Waals surface area (Å²) >= 11 is 1.44. The zero-order valence-electron chi connectivity index (χ0n) is 18.4. The van der Waals surface area contributed by atoms with Crippen LogP contribution in [0.1, 0.15) is 36.1 Å². The van der Waals surface area contributed by atoms with E-state index in [9.17, 15) is 4.79 Å². The molecule has 0 bridgehead atoms. The quantitative estimate of drug-likeness (QED) is 0.329. The molecule has 2 aromatic heterocycles. The molecule has 0 radical (unpaired) electrons. The average molecular weight is 434 g/mol. The summed E-state index contributed by atoms with van der Waals surface area (Å²) in [7, 11) is 0. The molecule has 0 aliphatic heterocycles. The average Bonchev–Trinajstić information content (AvgIpc) is 3.36. The first kappa shape index (κ1) is 21.4. The number of ketones is 1. The van der Waals surface area contributed by atoms with Crippen LogP contribution in [-0.2, 0) is 24.2 Å². The van der Waals surface area contributed by atoms with Crippen LogP contribution in [0.3, 0.4) is 0 Å². The first-order chi connectivity index (χ1) is 15.0. The number of hydrogen-bond donors (Lipinski definition) is 0. The second kappa shape index (κ2) is 9.10. The van der Waals surface area contributed by atoms with Crippen molar-refractivity contribution in [2.75, 3.05) is 5.75 Å². The summed E-state index contributed by atoms with van der Waals surface area (Å²) in [6, 6.07) is 14.3. The molecule has 2 heterocycles. The zero-order chi connectivity index (χ0) is 22.0. The van der Waals surface area contributed by atoms with Gasteiger partial charge in [-0.1, -0.05) is 48.5 Å². The van der Waals surface area contributed by atoms with Crippen molar-refractivity contribution >= 4 is 28.5 Å². The first-order valence-electron chi connectivity index (χ1n) is 10.7. The Labute approximate surface area is 186 Å². The van der Waals surface area contributed by atoms with Crippen molar-refractivity contribution in [3.05, 3.63) is 64.7 Å². The molecule has 0 unspecified atom stereocenters. The van der Waals surface area contributed by atoms with Crippen molar-refractivity contribution in [3.63, 3.8) is 0 Å². The summed E-state index contributed by atoms with van der Waals surface area (Å²) in [4.78, 5) is 12.7. The number of furan rings is 1. The van der Waals surface area contributed by atoms with E-state index in [0.29, 0.717) is 30.3 Å². The molecule has 6 heteroatoms. The largest absolute Gasteiger partial charge is 0.453 e. The summed E-state index contributed by atoms with van der Waals surface area (Å²) in [5.41, 5.74) is 5.60. The predicted molar refractivity (Wildman–Crippen MR) is 126 cm³/mol. The Hall–Kier alpha value is -2.86. The van der Waals surface area contributed by atoms with Gasteiger partial charge in [-0.05, 0) is 62.1 Å². The van der Waals surface area contributed by atoms with Crippen LogP contribution in [0.5, 0.6) is 0 Å². The van der Waals surface area contributed by atoms with Gasteiger partial charge in [0.25, 0.3) is 0 Å². The SMILES string of the molecule is CCc1cccc(C)c1CC(=O)CSc1nnc(-c2cc3cc(C)ccc3o2)n1CC. The van der Waals surface area contributed by atoms with E-state index in [1.165, 1.54) is 28.5 Å². The molecule has 0 saturated heterocycles. The fourth-order valence-electron chi connectivity index (χ4n) is 3.88. The molecule has 0 aliphatic rings. The predicted octanol–water partition coefficient (Wildman–Crippen LogP) is 5.79. The Morgan fingerprint density at radius 2 is 1.94 bits per heavy atom. The summed E-state index contributed by atoms with van der Waals surface area (Å²) < 4.78 is 8.02. The van der Waals surface area contributed by atoms with E-state index in [-0.39, 0.29) is 5.78 Å². The van der Waals surface area contributed by atoms with Crippen molar-refractivity contribution in [1.82, 2.24) is 14.8 Å². The number of rotatable bonds is 8. The van der Waals surface area contributed by atoms with E-state index in [1.54, 1.807) is 0 Å². The van der Waals surface area contributed by atoms with Gasteiger partial charge < -0.3 is 4.42 Å². The lowest BCUT2D eigenvalue weighted by Gasteiger charge is -2.11. The highest BCUT2D eigenvalue weighted by Crippen LogP contribution is 2.30. The fraction of sp³-hybridized carbons (Fsp3) is 0.320. The molecular weight excluding hydrogens is 406 g/mol. The van der Waals surface area contributed by atoms with Crippen molar-refractivity contribution in [2.45, 2.75) is 52.2 Å². The van der Waals surface area contributed by atoms with Gasteiger partial charge in [-0.15, -0.1) is 10.2 Å². The second-order valence-corrected chi connectivity index (χ2v) is 8.72. The maximum Gasteiger partial charge on any atom is 0.200 e. The second-order valence-electron chi connectivity index (χ2n) is 7.77. The number of Topliss-reactive ketones (excluding diaryl/α,β-unsaturated/α-hetero) is 1. The van der Waals surface area contributed by atoms with Gasteiger partial charge in [0, 0.05) is 18.4 Å². The lowest BCUT2D eigenvalue weighted by atomic mass is 9.96. The molecule has 4 aromatic rings. The first-order valence-corrected chi connectivity index (χ1v) is 11.6. The number of carbonyl (C=O) groups is 1. The topological polar surface area (TPSA) is 60.9 Å². The van der Waals surface area contributed by atoms with E-state index in [2.05, 4.69) is 55.2 Å². The highest BCUT2D eigenvalue weighted by atomic mass is 32.2. The van der Waals surface area contributed by atoms with Gasteiger partial charge in [0.2, 0.25) is 5.82 Å². The number of carbonyl (C=O) groups excluding carboxylic acids is 1. The standard InChI is InChI=1S/C25H27N3O2S/c1-5-18-9-7-8-17(4)21(18)14-20(29)15-31-25-27-26-24(28(25)6-2)23-13-19-12-16(3)10-11-22(19)30-23/h7-13H,5-6,14-15H2,1-4H3. The molecule has 0 aliphatic carbocycles. The van der Waals surface area contributed by atoms with E-state index in [0.717, 1.165) is 28.1 Å². The van der Waals surface area contributed by atoms with Crippen LogP contribution in [0.15, 0.2) is 52.0 Å². The Kier molecular flexibility index (Phi) is 6.28. The van der Waals surface area contributed by atoms with E-state index < -0.39 is 0 Å². The molecule has 0 spiro atoms. The van der Waals surface area contributed by atoms with Gasteiger partial charge in [0.1, 0.15) is 11.4 Å². The Bertz CT molecular complexity index is 1240. The van der Waals surface area contributed by atoms with Gasteiger partial charge in [-0.25, -0.2) is 0 Å². The van der Waals surface area contributed by atoms with Gasteiger partial charge in [-0.3, -0.25) is 9.36 Å². The molecule has 5 nitrogen and oxygen atoms in total.